The van der Waals surface area contributed by atoms with Gasteiger partial charge in [0.05, 0.1) is 67.6 Å². The molecule has 0 aliphatic rings. The van der Waals surface area contributed by atoms with Gasteiger partial charge in [0.2, 0.25) is 11.4 Å². The standard InChI is InChI=1S/C24H21N2O.3C23H19N2O.C22H17N2O/c1-14-9-20-19-11-17-7-5-6-8-18(17)12-22(19)27-24(20)23(16(14)3)21-10-15(2)25-13-26(21)4;1-14-10-19-18-11-16-6-4-5-7-17(16)12-21(18)26-23(19)22(15(14)2)20-8-9-24-13-25(20)3;1-14-8-9-18-19-10-16-6-4-5-7-17(16)11-21(19)26-23(18)22(14)20-12-24-15(2)13-25(20)3;1-14-8-9-18-19-11-16-6-4-5-7-17(16)12-21(19)26-23(18)22(14)20-10-15(2)24-13-25(20)3;1-14-7-8-17-18-11-15-5-3-4-6-16(15)12-20(18)25-22(17)21(14)19-13-23-9-10-24(19)2/h5-13H,1-4H3;3*4-13H,1-3H3;3-13H,1-2H3/q5*+1. The van der Waals surface area contributed by atoms with Crippen LogP contribution in [0.15, 0.2) is 327 Å². The van der Waals surface area contributed by atoms with Crippen molar-refractivity contribution in [1.29, 1.82) is 0 Å². The molecule has 25 aromatic rings. The van der Waals surface area contributed by atoms with Gasteiger partial charge < -0.3 is 22.1 Å². The average molecular weight is 1700 g/mol. The monoisotopic (exact) mass is 1700 g/mol. The summed E-state index contributed by atoms with van der Waals surface area (Å²) in [6.45, 7) is 21.1. The number of aromatic nitrogens is 10. The van der Waals surface area contributed by atoms with Gasteiger partial charge in [-0.2, -0.15) is 9.13 Å². The van der Waals surface area contributed by atoms with Crippen LogP contribution in [0, 0.1) is 69.2 Å². The van der Waals surface area contributed by atoms with Gasteiger partial charge in [0.1, 0.15) is 98.9 Å². The van der Waals surface area contributed by atoms with E-state index in [2.05, 4.69) is 341 Å². The lowest BCUT2D eigenvalue weighted by Crippen LogP contribution is -2.31. The van der Waals surface area contributed by atoms with E-state index in [1.165, 1.54) is 114 Å². The second-order valence-corrected chi connectivity index (χ2v) is 34.8. The van der Waals surface area contributed by atoms with Gasteiger partial charge in [0, 0.05) is 85.9 Å². The van der Waals surface area contributed by atoms with Crippen LogP contribution in [-0.2, 0) is 35.2 Å². The number of nitrogens with zero attached hydrogens (tertiary/aromatic N) is 10. The van der Waals surface area contributed by atoms with Crippen molar-refractivity contribution in [3.8, 4) is 56.3 Å². The van der Waals surface area contributed by atoms with Gasteiger partial charge in [-0.05, 0) is 221 Å². The number of aryl methyl sites for hydroxylation is 13. The van der Waals surface area contributed by atoms with Gasteiger partial charge in [0.15, 0.2) is 23.8 Å². The molecule has 0 bridgehead atoms. The van der Waals surface area contributed by atoms with E-state index in [0.29, 0.717) is 0 Å². The summed E-state index contributed by atoms with van der Waals surface area (Å²) in [5.74, 6) is 0. The minimum absolute atomic E-state index is 0.923. The van der Waals surface area contributed by atoms with Gasteiger partial charge in [-0.1, -0.05) is 173 Å². The smallest absolute Gasteiger partial charge is 0.286 e. The van der Waals surface area contributed by atoms with Crippen molar-refractivity contribution in [2.24, 2.45) is 35.2 Å². The summed E-state index contributed by atoms with van der Waals surface area (Å²) < 4.78 is 42.3. The molecule has 25 rings (SSSR count). The molecule has 0 fully saturated rings. The number of furan rings is 5. The van der Waals surface area contributed by atoms with Gasteiger partial charge in [0.25, 0.3) is 19.0 Å². The zero-order chi connectivity index (χ0) is 89.2. The topological polar surface area (TPSA) is 150 Å². The number of hydrogen-bond acceptors (Lipinski definition) is 10. The summed E-state index contributed by atoms with van der Waals surface area (Å²) in [5.41, 5.74) is 32.0. The van der Waals surface area contributed by atoms with E-state index in [9.17, 15) is 0 Å². The molecule has 0 radical (unpaired) electrons. The second-order valence-electron chi connectivity index (χ2n) is 34.8. The SMILES string of the molecule is Cc1c[n+](C)c(-c2c(C)ccc3c2oc2cc4ccccc4cc23)cn1.Cc1cc(-c2c(C)c(C)cc3c2oc2cc4ccccc4cc23)[n+](C)cn1.Cc1cc(-c2c(C)ccc3c2oc2cc4ccccc4cc23)[n+](C)cn1.Cc1cc2c(oc3cc4ccccc4cc32)c(-c2ccnc[n+]2C)c1C.Cc1ccc2c(oc3cc4ccccc4cc32)c1-c1cncc[n+]1C. The Hall–Kier alpha value is -16.0. The Morgan fingerprint density at radius 3 is 0.892 bits per heavy atom. The Balaban J connectivity index is 0.0000000984. The molecule has 15 aromatic carbocycles. The minimum atomic E-state index is 0.923. The predicted octanol–water partition coefficient (Wildman–Crippen LogP) is 26.2. The number of fused-ring (bicyclic) bond motifs is 20. The third kappa shape index (κ3) is 14.3. The van der Waals surface area contributed by atoms with Crippen molar-refractivity contribution >= 4 is 164 Å². The first-order chi connectivity index (χ1) is 63.1. The second kappa shape index (κ2) is 32.5. The Kier molecular flexibility index (Phi) is 20.2. The highest BCUT2D eigenvalue weighted by Gasteiger charge is 2.28. The maximum absolute atomic E-state index is 6.44. The molecule has 630 valence electrons. The molecule has 0 saturated heterocycles. The zero-order valence-corrected chi connectivity index (χ0v) is 75.4. The molecule has 0 saturated carbocycles. The molecule has 0 unspecified atom stereocenters. The van der Waals surface area contributed by atoms with Crippen LogP contribution in [0.3, 0.4) is 0 Å². The van der Waals surface area contributed by atoms with Crippen molar-refractivity contribution < 1.29 is 44.9 Å². The first kappa shape index (κ1) is 81.1. The van der Waals surface area contributed by atoms with Crippen LogP contribution in [-0.4, -0.2) is 24.9 Å². The highest BCUT2D eigenvalue weighted by Crippen LogP contribution is 2.46. The molecule has 0 aliphatic carbocycles. The van der Waals surface area contributed by atoms with E-state index in [0.717, 1.165) is 162 Å². The quantitative estimate of drug-likeness (QED) is 0.152. The van der Waals surface area contributed by atoms with Crippen LogP contribution in [0.2, 0.25) is 0 Å². The number of hydrogen-bond donors (Lipinski definition) is 0. The van der Waals surface area contributed by atoms with Gasteiger partial charge >= 0.3 is 0 Å². The summed E-state index contributed by atoms with van der Waals surface area (Å²) in [7, 11) is 10.2. The molecular weight excluding hydrogens is 1600 g/mol. The van der Waals surface area contributed by atoms with Gasteiger partial charge in [-0.25, -0.2) is 18.7 Å². The molecule has 0 spiro atoms. The largest absolute Gasteiger partial charge is 0.455 e. The molecular formula is C115H95N10O5+5. The number of rotatable bonds is 5. The van der Waals surface area contributed by atoms with Gasteiger partial charge in [-0.15, -0.1) is 0 Å². The molecule has 10 heterocycles. The van der Waals surface area contributed by atoms with Crippen molar-refractivity contribution in [1.82, 2.24) is 24.9 Å². The van der Waals surface area contributed by atoms with Crippen molar-refractivity contribution in [3.05, 3.63) is 361 Å². The van der Waals surface area contributed by atoms with Crippen LogP contribution in [0.5, 0.6) is 0 Å². The first-order valence-corrected chi connectivity index (χ1v) is 43.9. The Morgan fingerprint density at radius 2 is 0.538 bits per heavy atom. The van der Waals surface area contributed by atoms with E-state index in [4.69, 9.17) is 22.1 Å². The highest BCUT2D eigenvalue weighted by molar-refractivity contribution is 6.19. The normalized spacial score (nSPS) is 11.7. The maximum atomic E-state index is 6.44. The van der Waals surface area contributed by atoms with Crippen LogP contribution in [0.4, 0.5) is 0 Å². The highest BCUT2D eigenvalue weighted by atomic mass is 16.3. The fourth-order valence-corrected chi connectivity index (χ4v) is 19.0. The summed E-state index contributed by atoms with van der Waals surface area (Å²) >= 11 is 0. The van der Waals surface area contributed by atoms with Gasteiger partial charge in [-0.3, -0.25) is 4.98 Å². The first-order valence-electron chi connectivity index (χ1n) is 43.9. The zero-order valence-electron chi connectivity index (χ0n) is 75.4. The minimum Gasteiger partial charge on any atom is -0.455 e. The Morgan fingerprint density at radius 1 is 0.223 bits per heavy atom. The molecule has 10 aromatic heterocycles. The predicted molar refractivity (Wildman–Crippen MR) is 526 cm³/mol. The molecule has 0 amide bonds. The van der Waals surface area contributed by atoms with Crippen molar-refractivity contribution in [2.75, 3.05) is 0 Å². The van der Waals surface area contributed by atoms with Crippen molar-refractivity contribution in [2.45, 2.75) is 69.2 Å². The van der Waals surface area contributed by atoms with Crippen LogP contribution < -0.4 is 22.8 Å². The lowest BCUT2D eigenvalue weighted by atomic mass is 9.96. The van der Waals surface area contributed by atoms with Crippen LogP contribution >= 0.6 is 0 Å². The molecule has 0 N–H and O–H groups in total. The van der Waals surface area contributed by atoms with Crippen molar-refractivity contribution in [3.63, 3.8) is 0 Å². The summed E-state index contributed by atoms with van der Waals surface area (Å²) in [4.78, 5) is 21.8. The lowest BCUT2D eigenvalue weighted by Gasteiger charge is -2.10. The molecule has 0 atom stereocenters. The fraction of sp³-hybridized carbons (Fsp3) is 0.130. The van der Waals surface area contributed by atoms with E-state index >= 15 is 0 Å². The maximum Gasteiger partial charge on any atom is 0.286 e. The van der Waals surface area contributed by atoms with E-state index < -0.39 is 0 Å². The summed E-state index contributed by atoms with van der Waals surface area (Å²) in [6.07, 6.45) is 17.0. The average Bonchev–Trinajstić information content (AvgIpc) is 1.64. The lowest BCUT2D eigenvalue weighted by molar-refractivity contribution is -0.663. The third-order valence-corrected chi connectivity index (χ3v) is 26.1. The molecule has 130 heavy (non-hydrogen) atoms. The Bertz CT molecular complexity index is 8980. The third-order valence-electron chi connectivity index (χ3n) is 26.1. The van der Waals surface area contributed by atoms with Crippen LogP contribution in [0.25, 0.3) is 220 Å². The Labute approximate surface area is 750 Å². The van der Waals surface area contributed by atoms with E-state index in [1.54, 1.807) is 6.20 Å². The summed E-state index contributed by atoms with van der Waals surface area (Å²) in [5, 5.41) is 23.7. The van der Waals surface area contributed by atoms with E-state index in [-0.39, 0.29) is 0 Å². The van der Waals surface area contributed by atoms with E-state index in [1.807, 2.05) is 110 Å². The molecule has 15 heteroatoms. The fourth-order valence-electron chi connectivity index (χ4n) is 19.0. The molecule has 0 aliphatic heterocycles. The molecule has 15 nitrogen and oxygen atoms in total. The summed E-state index contributed by atoms with van der Waals surface area (Å²) in [6, 6.07) is 87.7. The number of benzene rings is 15. The van der Waals surface area contributed by atoms with Crippen LogP contribution in [0.1, 0.15) is 56.0 Å².